The third-order valence-electron chi connectivity index (χ3n) is 19.6. The predicted octanol–water partition coefficient (Wildman–Crippen LogP) is 4.04. The van der Waals surface area contributed by atoms with Crippen LogP contribution in [0, 0.1) is 0 Å². The van der Waals surface area contributed by atoms with Gasteiger partial charge in [-0.15, -0.1) is 0 Å². The van der Waals surface area contributed by atoms with Gasteiger partial charge in [0.25, 0.3) is 0 Å². The van der Waals surface area contributed by atoms with Gasteiger partial charge in [-0.05, 0) is 74.5 Å². The summed E-state index contributed by atoms with van der Waals surface area (Å²) in [5, 5.41) is 14.1. The van der Waals surface area contributed by atoms with Gasteiger partial charge in [0.1, 0.15) is 56.3 Å². The molecule has 0 aliphatic carbocycles. The minimum atomic E-state index is -1.36. The highest BCUT2D eigenvalue weighted by atomic mass is 16.7. The molecule has 37 heteroatoms. The largest absolute Gasteiger partial charge is 0.463 e. The molecule has 3 aliphatic rings. The van der Waals surface area contributed by atoms with Gasteiger partial charge in [0, 0.05) is 161 Å². The number of unbranched alkanes of at least 4 members (excludes halogenated alkanes) is 3. The Bertz CT molecular complexity index is 3820. The average molecular weight is 1720 g/mol. The average Bonchev–Trinajstić information content (AvgIpc) is 0.738. The first-order chi connectivity index (χ1) is 58.2. The van der Waals surface area contributed by atoms with E-state index in [0.717, 1.165) is 72.1 Å². The zero-order valence-corrected chi connectivity index (χ0v) is 71.4. The van der Waals surface area contributed by atoms with Gasteiger partial charge in [0.05, 0.1) is 5.54 Å². The second kappa shape index (κ2) is 52.0. The second-order valence-corrected chi connectivity index (χ2v) is 29.6. The summed E-state index contributed by atoms with van der Waals surface area (Å²) in [5.74, 6) is -9.09. The summed E-state index contributed by atoms with van der Waals surface area (Å²) in [6.07, 6.45) is -12.4. The number of amides is 6. The Morgan fingerprint density at radius 1 is 0.328 bits per heavy atom. The molecule has 3 fully saturated rings. The summed E-state index contributed by atoms with van der Waals surface area (Å²) in [7, 11) is 0. The maximum absolute atomic E-state index is 14.9. The number of nitrogens with zero attached hydrogens (tertiary/aromatic N) is 2. The summed E-state index contributed by atoms with van der Waals surface area (Å²) in [4.78, 5) is 194. The zero-order valence-electron chi connectivity index (χ0n) is 71.4. The Morgan fingerprint density at radius 3 is 0.902 bits per heavy atom. The van der Waals surface area contributed by atoms with Crippen LogP contribution in [0.1, 0.15) is 177 Å². The van der Waals surface area contributed by atoms with Crippen LogP contribution in [0.4, 0.5) is 0 Å². The third-order valence-corrected chi connectivity index (χ3v) is 19.6. The highest BCUT2D eigenvalue weighted by Crippen LogP contribution is 2.43. The first kappa shape index (κ1) is 100. The van der Waals surface area contributed by atoms with Gasteiger partial charge in [0.2, 0.25) is 35.4 Å². The molecule has 5 N–H and O–H groups in total. The predicted molar refractivity (Wildman–Crippen MR) is 429 cm³/mol. The van der Waals surface area contributed by atoms with Crippen LogP contribution < -0.4 is 26.6 Å². The number of hydrogen-bond acceptors (Lipinski definition) is 31. The number of rotatable bonds is 49. The lowest BCUT2D eigenvalue weighted by Crippen LogP contribution is -2.66. The lowest BCUT2D eigenvalue weighted by atomic mass is 9.75. The van der Waals surface area contributed by atoms with Gasteiger partial charge in [-0.2, -0.15) is 0 Å². The molecule has 15 atom stereocenters. The Kier molecular flexibility index (Phi) is 42.7. The molecule has 3 aliphatic heterocycles. The highest BCUT2D eigenvalue weighted by Gasteiger charge is 2.55. The van der Waals surface area contributed by atoms with Gasteiger partial charge in [0.15, 0.2) is 55.5 Å². The molecule has 0 saturated carbocycles. The van der Waals surface area contributed by atoms with Crippen LogP contribution in [0.15, 0.2) is 91.0 Å². The summed E-state index contributed by atoms with van der Waals surface area (Å²) in [6.45, 7) is 14.2. The van der Waals surface area contributed by atoms with Crippen LogP contribution in [0.25, 0.3) is 0 Å². The Morgan fingerprint density at radius 2 is 0.607 bits per heavy atom. The molecule has 3 saturated heterocycles. The van der Waals surface area contributed by atoms with E-state index in [2.05, 4.69) is 67.9 Å². The molecule has 3 aromatic rings. The van der Waals surface area contributed by atoms with Crippen LogP contribution in [-0.2, 0) is 149 Å². The number of nitrogens with one attached hydrogen (secondary N) is 5. The van der Waals surface area contributed by atoms with Crippen LogP contribution in [0.5, 0.6) is 0 Å². The quantitative estimate of drug-likeness (QED) is 0.0230. The molecular weight excluding hydrogens is 1600 g/mol. The molecule has 674 valence electrons. The third kappa shape index (κ3) is 33.3. The topological polar surface area (TPSA) is 461 Å². The molecule has 122 heavy (non-hydrogen) atoms. The lowest BCUT2D eigenvalue weighted by molar-refractivity contribution is -0.277. The normalized spacial score (nSPS) is 22.4. The van der Waals surface area contributed by atoms with Crippen LogP contribution in [0.3, 0.4) is 0 Å². The number of benzene rings is 3. The number of carbonyl (C=O) groups is 15. The molecule has 8 unspecified atom stereocenters. The number of hydrogen-bond donors (Lipinski definition) is 5. The molecule has 0 bridgehead atoms. The van der Waals surface area contributed by atoms with Crippen molar-refractivity contribution in [2.75, 3.05) is 78.9 Å². The number of ether oxygens (including phenoxy) is 15. The minimum Gasteiger partial charge on any atom is -0.463 e. The molecule has 6 rings (SSSR count). The van der Waals surface area contributed by atoms with E-state index in [9.17, 15) is 71.9 Å². The van der Waals surface area contributed by atoms with Gasteiger partial charge in [-0.25, -0.2) is 0 Å². The fourth-order valence-corrected chi connectivity index (χ4v) is 14.7. The fraction of sp³-hybridized carbons (Fsp3) is 0.612. The van der Waals surface area contributed by atoms with Gasteiger partial charge < -0.3 is 103 Å². The molecule has 6 amide bonds. The Hall–Kier alpha value is -10.6. The number of carbonyl (C=O) groups excluding carboxylic acids is 15. The van der Waals surface area contributed by atoms with Gasteiger partial charge in [-0.3, -0.25) is 76.8 Å². The van der Waals surface area contributed by atoms with Crippen LogP contribution in [-0.4, -0.2) is 270 Å². The van der Waals surface area contributed by atoms with E-state index in [0.29, 0.717) is 58.0 Å². The first-order valence-electron chi connectivity index (χ1n) is 41.0. The highest BCUT2D eigenvalue weighted by molar-refractivity contribution is 5.78. The minimum absolute atomic E-state index is 0.00454. The Balaban J connectivity index is 1.20. The monoisotopic (exact) mass is 1720 g/mol. The van der Waals surface area contributed by atoms with Crippen molar-refractivity contribution >= 4 is 89.2 Å². The van der Waals surface area contributed by atoms with Crippen LogP contribution in [0.2, 0.25) is 0 Å². The molecule has 0 aromatic heterocycles. The van der Waals surface area contributed by atoms with Crippen molar-refractivity contribution in [3.63, 3.8) is 0 Å². The maximum atomic E-state index is 14.9. The lowest BCUT2D eigenvalue weighted by Gasteiger charge is -2.46. The SMILES string of the molecule is CC(=O)NC1C(OC(C)=O)[C@@H](OC(C)=O)C(COC(C)=O)O[C@H]1OCCCCC(=O)NCCCN(CCCN(CCCNC(=O)CCCCO[C@@H]1OC(COC(C)=O)[C@H](OC(C)=O)C(OC(C)=O)[C@@H]1NC(C)=O)C(c1ccccc1)(c1ccccc1)c1ccccc1)C(=O)CCCCO[C@@H]1OC(COC(C)=O)[C@H](OC(C)=O)C(OC(C)=O)C1NC(C)=O. The first-order valence-corrected chi connectivity index (χ1v) is 41.0. The van der Waals surface area contributed by atoms with Crippen molar-refractivity contribution in [3.8, 4) is 0 Å². The molecule has 0 spiro atoms. The van der Waals surface area contributed by atoms with E-state index in [4.69, 9.17) is 71.1 Å². The molecule has 37 nitrogen and oxygen atoms in total. The zero-order chi connectivity index (χ0) is 89.4. The van der Waals surface area contributed by atoms with Crippen molar-refractivity contribution < 1.29 is 143 Å². The second-order valence-electron chi connectivity index (χ2n) is 29.6. The van der Waals surface area contributed by atoms with E-state index < -0.39 is 189 Å². The van der Waals surface area contributed by atoms with Crippen molar-refractivity contribution in [2.24, 2.45) is 0 Å². The summed E-state index contributed by atoms with van der Waals surface area (Å²) >= 11 is 0. The van der Waals surface area contributed by atoms with Gasteiger partial charge >= 0.3 is 53.7 Å². The molecule has 3 heterocycles. The van der Waals surface area contributed by atoms with E-state index >= 15 is 0 Å². The molecule has 3 aromatic carbocycles. The number of esters is 9. The summed E-state index contributed by atoms with van der Waals surface area (Å²) in [6, 6.07) is 26.4. The summed E-state index contributed by atoms with van der Waals surface area (Å²) < 4.78 is 85.9. The van der Waals surface area contributed by atoms with Crippen LogP contribution >= 0.6 is 0 Å². The fourth-order valence-electron chi connectivity index (χ4n) is 14.7. The van der Waals surface area contributed by atoms with E-state index in [-0.39, 0.29) is 95.8 Å². The van der Waals surface area contributed by atoms with Gasteiger partial charge in [-0.1, -0.05) is 91.0 Å². The summed E-state index contributed by atoms with van der Waals surface area (Å²) in [5.41, 5.74) is 1.86. The van der Waals surface area contributed by atoms with Crippen molar-refractivity contribution in [3.05, 3.63) is 108 Å². The van der Waals surface area contributed by atoms with E-state index in [1.165, 1.54) is 27.7 Å². The molecular formula is C85H119N7O30. The Labute approximate surface area is 709 Å². The standard InChI is InChI=1S/C85H119N7O30/c1-52(93)88-73-79(117-61(10)102)76(114-58(7)99)67(49-111-55(4)96)120-82(73)108-46-25-22-37-70(105)86-40-28-42-91(72(107)39-24-27-48-110-84-75(90-54(3)95)81(119-63(12)104)78(116-60(9)101)69(122-84)51-113-57(6)98)43-30-45-92(85(64-31-16-13-17-32-64,65-33-18-14-19-34-65)66-35-20-15-21-36-66)44-29-41-87-71(106)38-23-26-47-109-83-74(89-53(2)94)80(118-62(11)103)77(115-59(8)100)68(121-83)50-112-56(5)97/h13-21,31-36,67-69,73-84H,22-30,37-51H2,1-12H3,(H,86,105)(H,87,106)(H,88,93)(H,89,94)(H,90,95)/t67?,68?,69?,73?,74-,75?,76-,77-,78-,79?,80?,81?,82+,83+,84+/m0/s1. The van der Waals surface area contributed by atoms with E-state index in [1.54, 1.807) is 4.90 Å². The maximum Gasteiger partial charge on any atom is 0.303 e. The molecule has 0 radical (unpaired) electrons. The van der Waals surface area contributed by atoms with Crippen molar-refractivity contribution in [1.82, 2.24) is 36.4 Å². The van der Waals surface area contributed by atoms with Crippen molar-refractivity contribution in [1.29, 1.82) is 0 Å². The van der Waals surface area contributed by atoms with Crippen molar-refractivity contribution in [2.45, 2.75) is 258 Å². The smallest absolute Gasteiger partial charge is 0.303 e. The van der Waals surface area contributed by atoms with E-state index in [1.807, 2.05) is 54.6 Å².